The first-order valence-electron chi connectivity index (χ1n) is 7.20. The number of hydrogen-bond acceptors (Lipinski definition) is 4. The van der Waals surface area contributed by atoms with Crippen molar-refractivity contribution in [2.75, 3.05) is 7.05 Å². The minimum atomic E-state index is -3.38. The van der Waals surface area contributed by atoms with Gasteiger partial charge >= 0.3 is 0 Å². The van der Waals surface area contributed by atoms with E-state index in [0.717, 1.165) is 23.3 Å². The molecule has 1 unspecified atom stereocenters. The van der Waals surface area contributed by atoms with Crippen LogP contribution in [-0.4, -0.2) is 21.5 Å². The number of nitrogens with one attached hydrogen (secondary N) is 2. The second-order valence-electron chi connectivity index (χ2n) is 5.66. The first-order chi connectivity index (χ1) is 9.44. The molecular formula is C14H24N2O2S2. The van der Waals surface area contributed by atoms with Gasteiger partial charge in [-0.15, -0.1) is 11.3 Å². The Bertz CT molecular complexity index is 546. The average Bonchev–Trinajstić information content (AvgIpc) is 3.00. The van der Waals surface area contributed by atoms with E-state index in [0.29, 0.717) is 16.7 Å². The Morgan fingerprint density at radius 1 is 1.40 bits per heavy atom. The standard InChI is InChI=1S/C14H24N2O2S2/c1-10-8-14(19-13(10)9-15-3)20(17,18)16-11(2)12-6-4-5-7-12/h8,11-12,15-16H,4-7,9H2,1-3H3. The molecule has 1 heterocycles. The lowest BCUT2D eigenvalue weighted by molar-refractivity contribution is 0.424. The highest BCUT2D eigenvalue weighted by molar-refractivity contribution is 7.91. The molecule has 1 aromatic rings. The maximum absolute atomic E-state index is 12.4. The van der Waals surface area contributed by atoms with Gasteiger partial charge in [0.2, 0.25) is 10.0 Å². The smallest absolute Gasteiger partial charge is 0.250 e. The van der Waals surface area contributed by atoms with Crippen LogP contribution < -0.4 is 10.0 Å². The van der Waals surface area contributed by atoms with Crippen LogP contribution in [0.2, 0.25) is 0 Å². The van der Waals surface area contributed by atoms with Crippen molar-refractivity contribution in [1.82, 2.24) is 10.0 Å². The molecule has 2 N–H and O–H groups in total. The quantitative estimate of drug-likeness (QED) is 0.848. The number of aryl methyl sites for hydroxylation is 1. The van der Waals surface area contributed by atoms with Crippen LogP contribution in [-0.2, 0) is 16.6 Å². The molecule has 0 saturated heterocycles. The lowest BCUT2D eigenvalue weighted by atomic mass is 10.0. The maximum Gasteiger partial charge on any atom is 0.250 e. The molecule has 1 atom stereocenters. The molecule has 20 heavy (non-hydrogen) atoms. The molecule has 1 aliphatic carbocycles. The third-order valence-corrected chi connectivity index (χ3v) is 7.32. The molecule has 114 valence electrons. The van der Waals surface area contributed by atoms with Crippen LogP contribution in [0, 0.1) is 12.8 Å². The minimum Gasteiger partial charge on any atom is -0.315 e. The predicted molar refractivity (Wildman–Crippen MR) is 83.6 cm³/mol. The molecule has 0 aromatic carbocycles. The van der Waals surface area contributed by atoms with Crippen LogP contribution in [0.15, 0.2) is 10.3 Å². The van der Waals surface area contributed by atoms with Gasteiger partial charge in [0.1, 0.15) is 4.21 Å². The number of sulfonamides is 1. The molecule has 4 nitrogen and oxygen atoms in total. The molecule has 0 spiro atoms. The molecule has 1 aromatic heterocycles. The van der Waals surface area contributed by atoms with Crippen molar-refractivity contribution >= 4 is 21.4 Å². The lowest BCUT2D eigenvalue weighted by Crippen LogP contribution is -2.36. The summed E-state index contributed by atoms with van der Waals surface area (Å²) in [6.45, 7) is 4.66. The lowest BCUT2D eigenvalue weighted by Gasteiger charge is -2.19. The summed E-state index contributed by atoms with van der Waals surface area (Å²) in [4.78, 5) is 1.08. The minimum absolute atomic E-state index is 0.0256. The second-order valence-corrected chi connectivity index (χ2v) is 8.73. The Morgan fingerprint density at radius 2 is 2.05 bits per heavy atom. The van der Waals surface area contributed by atoms with E-state index in [9.17, 15) is 8.42 Å². The molecule has 0 amide bonds. The fourth-order valence-corrected chi connectivity index (χ4v) is 5.74. The molecule has 0 radical (unpaired) electrons. The monoisotopic (exact) mass is 316 g/mol. The Hall–Kier alpha value is -0.430. The maximum atomic E-state index is 12.4. The van der Waals surface area contributed by atoms with Gasteiger partial charge in [-0.05, 0) is 51.3 Å². The summed E-state index contributed by atoms with van der Waals surface area (Å²) in [5, 5.41) is 3.07. The molecule has 1 fully saturated rings. The zero-order valence-electron chi connectivity index (χ0n) is 12.4. The molecule has 1 aliphatic rings. The Morgan fingerprint density at radius 3 is 2.65 bits per heavy atom. The van der Waals surface area contributed by atoms with E-state index in [-0.39, 0.29) is 6.04 Å². The second kappa shape index (κ2) is 6.56. The van der Waals surface area contributed by atoms with Crippen molar-refractivity contribution in [3.63, 3.8) is 0 Å². The van der Waals surface area contributed by atoms with Crippen molar-refractivity contribution in [3.8, 4) is 0 Å². The van der Waals surface area contributed by atoms with Gasteiger partial charge in [0, 0.05) is 17.5 Å². The topological polar surface area (TPSA) is 58.2 Å². The van der Waals surface area contributed by atoms with Crippen molar-refractivity contribution in [2.24, 2.45) is 5.92 Å². The third-order valence-electron chi connectivity index (χ3n) is 4.05. The summed E-state index contributed by atoms with van der Waals surface area (Å²) in [5.74, 6) is 0.489. The number of thiophene rings is 1. The Labute approximate surface area is 126 Å². The highest BCUT2D eigenvalue weighted by atomic mass is 32.2. The molecule has 6 heteroatoms. The van der Waals surface area contributed by atoms with Crippen LogP contribution in [0.5, 0.6) is 0 Å². The van der Waals surface area contributed by atoms with Crippen molar-refractivity contribution in [1.29, 1.82) is 0 Å². The van der Waals surface area contributed by atoms with Gasteiger partial charge in [-0.3, -0.25) is 0 Å². The summed E-state index contributed by atoms with van der Waals surface area (Å²) >= 11 is 1.36. The molecule has 1 saturated carbocycles. The number of hydrogen-bond donors (Lipinski definition) is 2. The first kappa shape index (κ1) is 15.9. The van der Waals surface area contributed by atoms with Gasteiger partial charge < -0.3 is 5.32 Å². The fourth-order valence-electron chi connectivity index (χ4n) is 2.81. The van der Waals surface area contributed by atoms with E-state index in [2.05, 4.69) is 10.0 Å². The van der Waals surface area contributed by atoms with E-state index in [1.165, 1.54) is 24.2 Å². The Kier molecular flexibility index (Phi) is 5.23. The van der Waals surface area contributed by atoms with Crippen LogP contribution in [0.1, 0.15) is 43.0 Å². The largest absolute Gasteiger partial charge is 0.315 e. The predicted octanol–water partition coefficient (Wildman–Crippen LogP) is 2.63. The van der Waals surface area contributed by atoms with Crippen molar-refractivity contribution in [3.05, 3.63) is 16.5 Å². The molecule has 0 bridgehead atoms. The number of rotatable bonds is 6. The highest BCUT2D eigenvalue weighted by Gasteiger charge is 2.27. The van der Waals surface area contributed by atoms with Crippen LogP contribution in [0.4, 0.5) is 0 Å². The van der Waals surface area contributed by atoms with Crippen LogP contribution in [0.3, 0.4) is 0 Å². The summed E-state index contributed by atoms with van der Waals surface area (Å²) in [6, 6.07) is 1.80. The van der Waals surface area contributed by atoms with Gasteiger partial charge in [-0.2, -0.15) is 0 Å². The van der Waals surface area contributed by atoms with E-state index in [1.807, 2.05) is 20.9 Å². The zero-order valence-corrected chi connectivity index (χ0v) is 14.0. The Balaban J connectivity index is 2.11. The van der Waals surface area contributed by atoms with Crippen LogP contribution >= 0.6 is 11.3 Å². The van der Waals surface area contributed by atoms with Gasteiger partial charge in [0.25, 0.3) is 0 Å². The van der Waals surface area contributed by atoms with E-state index >= 15 is 0 Å². The summed E-state index contributed by atoms with van der Waals surface area (Å²) in [5.41, 5.74) is 1.04. The molecule has 2 rings (SSSR count). The summed E-state index contributed by atoms with van der Waals surface area (Å²) in [6.07, 6.45) is 4.72. The molecular weight excluding hydrogens is 292 g/mol. The summed E-state index contributed by atoms with van der Waals surface area (Å²) in [7, 11) is -1.51. The van der Waals surface area contributed by atoms with E-state index < -0.39 is 10.0 Å². The van der Waals surface area contributed by atoms with Crippen LogP contribution in [0.25, 0.3) is 0 Å². The third kappa shape index (κ3) is 3.61. The summed E-state index contributed by atoms with van der Waals surface area (Å²) < 4.78 is 28.2. The molecule has 0 aliphatic heterocycles. The highest BCUT2D eigenvalue weighted by Crippen LogP contribution is 2.30. The van der Waals surface area contributed by atoms with Gasteiger partial charge in [0.15, 0.2) is 0 Å². The van der Waals surface area contributed by atoms with E-state index in [1.54, 1.807) is 6.07 Å². The van der Waals surface area contributed by atoms with Crippen molar-refractivity contribution < 1.29 is 8.42 Å². The van der Waals surface area contributed by atoms with Gasteiger partial charge in [0.05, 0.1) is 0 Å². The first-order valence-corrected chi connectivity index (χ1v) is 9.50. The SMILES string of the molecule is CNCc1sc(S(=O)(=O)NC(C)C2CCCC2)cc1C. The van der Waals surface area contributed by atoms with Gasteiger partial charge in [-0.1, -0.05) is 12.8 Å². The zero-order chi connectivity index (χ0) is 14.8. The van der Waals surface area contributed by atoms with E-state index in [4.69, 9.17) is 0 Å². The van der Waals surface area contributed by atoms with Gasteiger partial charge in [-0.25, -0.2) is 13.1 Å². The van der Waals surface area contributed by atoms with Crippen molar-refractivity contribution in [2.45, 2.75) is 56.3 Å². The normalized spacial score (nSPS) is 18.6. The fraction of sp³-hybridized carbons (Fsp3) is 0.714. The average molecular weight is 316 g/mol.